The van der Waals surface area contributed by atoms with E-state index in [0.717, 1.165) is 9.87 Å². The fourth-order valence-electron chi connectivity index (χ4n) is 3.53. The molecule has 9 heteroatoms. The predicted molar refractivity (Wildman–Crippen MR) is 114 cm³/mol. The summed E-state index contributed by atoms with van der Waals surface area (Å²) in [7, 11) is 0.616. The summed E-state index contributed by atoms with van der Waals surface area (Å²) in [6.07, 6.45) is 0.276. The Morgan fingerprint density at radius 2 is 1.80 bits per heavy atom. The van der Waals surface area contributed by atoms with Crippen LogP contribution in [0.25, 0.3) is 0 Å². The van der Waals surface area contributed by atoms with Gasteiger partial charge in [0.15, 0.2) is 11.5 Å². The van der Waals surface area contributed by atoms with E-state index in [1.54, 1.807) is 18.2 Å². The van der Waals surface area contributed by atoms with E-state index >= 15 is 0 Å². The SMILES string of the molecule is COc1ccc([C@@H]2C[C@H](C(=O)NC(C)c3ccccc3)N(C)S(=O)(=O)N2)cc1OC. The van der Waals surface area contributed by atoms with Crippen LogP contribution in [0.2, 0.25) is 0 Å². The molecule has 1 heterocycles. The lowest BCUT2D eigenvalue weighted by atomic mass is 9.98. The van der Waals surface area contributed by atoms with Crippen molar-refractivity contribution in [3.63, 3.8) is 0 Å². The molecule has 2 aromatic carbocycles. The minimum atomic E-state index is -3.84. The van der Waals surface area contributed by atoms with E-state index in [4.69, 9.17) is 9.47 Å². The van der Waals surface area contributed by atoms with E-state index in [1.807, 2.05) is 37.3 Å². The number of ether oxygens (including phenoxy) is 2. The minimum absolute atomic E-state index is 0.246. The zero-order valence-electron chi connectivity index (χ0n) is 17.5. The molecule has 1 saturated heterocycles. The van der Waals surface area contributed by atoms with Gasteiger partial charge in [-0.3, -0.25) is 4.79 Å². The number of benzene rings is 2. The third-order valence-corrected chi connectivity index (χ3v) is 6.93. The molecule has 0 radical (unpaired) electrons. The van der Waals surface area contributed by atoms with Gasteiger partial charge in [0.2, 0.25) is 5.91 Å². The number of carbonyl (C=O) groups is 1. The first-order valence-corrected chi connectivity index (χ1v) is 11.0. The summed E-state index contributed by atoms with van der Waals surface area (Å²) in [6, 6.07) is 13.1. The standard InChI is InChI=1S/C21H27N3O5S/c1-14(15-8-6-5-7-9-15)22-21(25)18-13-17(23-30(26,27)24(18)2)16-10-11-19(28-3)20(12-16)29-4/h5-12,14,17-18,23H,13H2,1-4H3,(H,22,25)/t14?,17-,18+/m0/s1. The molecule has 1 aliphatic heterocycles. The van der Waals surface area contributed by atoms with Gasteiger partial charge in [0, 0.05) is 7.05 Å². The first kappa shape index (κ1) is 22.1. The van der Waals surface area contributed by atoms with E-state index < -0.39 is 22.3 Å². The molecule has 0 saturated carbocycles. The number of likely N-dealkylation sites (N-methyl/N-ethyl adjacent to an activating group) is 1. The van der Waals surface area contributed by atoms with Crippen molar-refractivity contribution in [3.05, 3.63) is 59.7 Å². The molecule has 2 N–H and O–H groups in total. The smallest absolute Gasteiger partial charge is 0.280 e. The molecule has 8 nitrogen and oxygen atoms in total. The van der Waals surface area contributed by atoms with Crippen molar-refractivity contribution in [2.45, 2.75) is 31.5 Å². The zero-order valence-corrected chi connectivity index (χ0v) is 18.3. The molecule has 1 aliphatic rings. The molecule has 30 heavy (non-hydrogen) atoms. The van der Waals surface area contributed by atoms with E-state index in [0.29, 0.717) is 17.1 Å². The maximum absolute atomic E-state index is 13.0. The number of nitrogens with one attached hydrogen (secondary N) is 2. The molecular formula is C21H27N3O5S. The second-order valence-corrected chi connectivity index (χ2v) is 8.96. The Balaban J connectivity index is 1.83. The lowest BCUT2D eigenvalue weighted by molar-refractivity contribution is -0.125. The molecule has 0 aliphatic carbocycles. The van der Waals surface area contributed by atoms with Crippen LogP contribution in [0.5, 0.6) is 11.5 Å². The Hall–Kier alpha value is -2.62. The Morgan fingerprint density at radius 3 is 2.43 bits per heavy atom. The maximum Gasteiger partial charge on any atom is 0.280 e. The van der Waals surface area contributed by atoms with Gasteiger partial charge in [-0.2, -0.15) is 17.4 Å². The molecule has 3 rings (SSSR count). The number of methoxy groups -OCH3 is 2. The van der Waals surface area contributed by atoms with Crippen LogP contribution in [-0.2, 0) is 15.0 Å². The molecule has 3 atom stereocenters. The number of nitrogens with zero attached hydrogens (tertiary/aromatic N) is 1. The third-order valence-electron chi connectivity index (χ3n) is 5.34. The normalized spacial score (nSPS) is 22.1. The average molecular weight is 434 g/mol. The van der Waals surface area contributed by atoms with Crippen LogP contribution in [0, 0.1) is 0 Å². The minimum Gasteiger partial charge on any atom is -0.493 e. The van der Waals surface area contributed by atoms with Gasteiger partial charge in [-0.25, -0.2) is 0 Å². The van der Waals surface area contributed by atoms with Gasteiger partial charge in [0.05, 0.1) is 26.3 Å². The number of hydrogen-bond donors (Lipinski definition) is 2. The maximum atomic E-state index is 13.0. The monoisotopic (exact) mass is 433 g/mol. The van der Waals surface area contributed by atoms with E-state index in [9.17, 15) is 13.2 Å². The first-order chi connectivity index (χ1) is 14.3. The molecule has 162 valence electrons. The van der Waals surface area contributed by atoms with Crippen molar-refractivity contribution in [2.24, 2.45) is 0 Å². The largest absolute Gasteiger partial charge is 0.493 e. The fraction of sp³-hybridized carbons (Fsp3) is 0.381. The van der Waals surface area contributed by atoms with Gasteiger partial charge in [-0.1, -0.05) is 36.4 Å². The Morgan fingerprint density at radius 1 is 1.13 bits per heavy atom. The highest BCUT2D eigenvalue weighted by Crippen LogP contribution is 2.34. The number of rotatable bonds is 6. The summed E-state index contributed by atoms with van der Waals surface area (Å²) in [4.78, 5) is 13.0. The Labute approximate surface area is 177 Å². The van der Waals surface area contributed by atoms with Crippen molar-refractivity contribution in [2.75, 3.05) is 21.3 Å². The number of carbonyl (C=O) groups excluding carboxylic acids is 1. The Bertz CT molecular complexity index is 997. The van der Waals surface area contributed by atoms with E-state index in [2.05, 4.69) is 10.0 Å². The number of hydrogen-bond acceptors (Lipinski definition) is 5. The summed E-state index contributed by atoms with van der Waals surface area (Å²) in [5.74, 6) is 0.694. The Kier molecular flexibility index (Phi) is 6.64. The molecular weight excluding hydrogens is 406 g/mol. The van der Waals surface area contributed by atoms with E-state index in [1.165, 1.54) is 21.3 Å². The fourth-order valence-corrected chi connectivity index (χ4v) is 4.81. The third kappa shape index (κ3) is 4.58. The second-order valence-electron chi connectivity index (χ2n) is 7.20. The van der Waals surface area contributed by atoms with Gasteiger partial charge in [-0.05, 0) is 36.6 Å². The van der Waals surface area contributed by atoms with Crippen LogP contribution in [0.3, 0.4) is 0 Å². The van der Waals surface area contributed by atoms with Crippen LogP contribution < -0.4 is 19.5 Å². The lowest BCUT2D eigenvalue weighted by Crippen LogP contribution is -2.57. The van der Waals surface area contributed by atoms with Crippen molar-refractivity contribution in [3.8, 4) is 11.5 Å². The van der Waals surface area contributed by atoms with Crippen molar-refractivity contribution >= 4 is 16.1 Å². The van der Waals surface area contributed by atoms with Crippen molar-refractivity contribution in [1.82, 2.24) is 14.3 Å². The van der Waals surface area contributed by atoms with Gasteiger partial charge < -0.3 is 14.8 Å². The molecule has 2 aromatic rings. The highest BCUT2D eigenvalue weighted by molar-refractivity contribution is 7.87. The van der Waals surface area contributed by atoms with Crippen molar-refractivity contribution < 1.29 is 22.7 Å². The molecule has 1 amide bonds. The molecule has 1 unspecified atom stereocenters. The summed E-state index contributed by atoms with van der Waals surface area (Å²) in [5, 5.41) is 2.93. The van der Waals surface area contributed by atoms with Crippen LogP contribution in [0.15, 0.2) is 48.5 Å². The first-order valence-electron chi connectivity index (χ1n) is 9.59. The summed E-state index contributed by atoms with van der Waals surface area (Å²) in [5.41, 5.74) is 1.64. The van der Waals surface area contributed by atoms with Crippen LogP contribution in [0.4, 0.5) is 0 Å². The second kappa shape index (κ2) is 9.03. The molecule has 0 spiro atoms. The van der Waals surface area contributed by atoms with Crippen LogP contribution in [0.1, 0.15) is 36.6 Å². The topological polar surface area (TPSA) is 97.0 Å². The van der Waals surface area contributed by atoms with Crippen LogP contribution in [-0.4, -0.2) is 45.9 Å². The average Bonchev–Trinajstić information content (AvgIpc) is 2.75. The van der Waals surface area contributed by atoms with Gasteiger partial charge >= 0.3 is 0 Å². The highest BCUT2D eigenvalue weighted by Gasteiger charge is 2.41. The molecule has 0 aromatic heterocycles. The highest BCUT2D eigenvalue weighted by atomic mass is 32.2. The van der Waals surface area contributed by atoms with Crippen LogP contribution >= 0.6 is 0 Å². The zero-order chi connectivity index (χ0) is 21.9. The van der Waals surface area contributed by atoms with Gasteiger partial charge in [-0.15, -0.1) is 0 Å². The summed E-state index contributed by atoms with van der Waals surface area (Å²) < 4.78 is 39.7. The number of amides is 1. The molecule has 1 fully saturated rings. The quantitative estimate of drug-likeness (QED) is 0.728. The summed E-state index contributed by atoms with van der Waals surface area (Å²) in [6.45, 7) is 1.87. The van der Waals surface area contributed by atoms with Gasteiger partial charge in [0.1, 0.15) is 6.04 Å². The molecule has 0 bridgehead atoms. The van der Waals surface area contributed by atoms with Crippen molar-refractivity contribution in [1.29, 1.82) is 0 Å². The lowest BCUT2D eigenvalue weighted by Gasteiger charge is -2.36. The van der Waals surface area contributed by atoms with E-state index in [-0.39, 0.29) is 18.4 Å². The predicted octanol–water partition coefficient (Wildman–Crippen LogP) is 2.16. The van der Waals surface area contributed by atoms with Gasteiger partial charge in [0.25, 0.3) is 10.2 Å². The summed E-state index contributed by atoms with van der Waals surface area (Å²) >= 11 is 0.